The van der Waals surface area contributed by atoms with Gasteiger partial charge in [0.1, 0.15) is 0 Å². The highest BCUT2D eigenvalue weighted by atomic mass is 35.5. The van der Waals surface area contributed by atoms with E-state index in [2.05, 4.69) is 41.5 Å². The molecular formula is C14H31ClO3Si. The second-order valence-corrected chi connectivity index (χ2v) is 9.35. The lowest BCUT2D eigenvalue weighted by Gasteiger charge is -2.31. The fourth-order valence-electron chi connectivity index (χ4n) is 1.34. The summed E-state index contributed by atoms with van der Waals surface area (Å²) in [7, 11) is -2.62. The zero-order valence-corrected chi connectivity index (χ0v) is 15.1. The molecule has 5 heteroatoms. The van der Waals surface area contributed by atoms with Crippen LogP contribution in [0, 0.1) is 17.8 Å². The topological polar surface area (TPSA) is 27.7 Å². The van der Waals surface area contributed by atoms with Gasteiger partial charge in [-0.1, -0.05) is 41.5 Å². The van der Waals surface area contributed by atoms with Gasteiger partial charge in [-0.25, -0.2) is 0 Å². The van der Waals surface area contributed by atoms with Gasteiger partial charge in [-0.05, 0) is 17.8 Å². The molecule has 0 N–H and O–H groups in total. The first-order valence-electron chi connectivity index (χ1n) is 7.29. The Labute approximate surface area is 125 Å². The van der Waals surface area contributed by atoms with Crippen molar-refractivity contribution in [1.82, 2.24) is 0 Å². The SMILES string of the molecule is CC(C)CO[Si](CCCl)(OCC(C)C)OCC(C)C. The van der Waals surface area contributed by atoms with E-state index in [-0.39, 0.29) is 0 Å². The van der Waals surface area contributed by atoms with E-state index in [0.717, 1.165) is 0 Å². The van der Waals surface area contributed by atoms with Crippen LogP contribution < -0.4 is 0 Å². The van der Waals surface area contributed by atoms with Gasteiger partial charge >= 0.3 is 8.80 Å². The molecule has 0 aromatic rings. The first-order valence-corrected chi connectivity index (χ1v) is 9.75. The van der Waals surface area contributed by atoms with Crippen molar-refractivity contribution in [3.8, 4) is 0 Å². The van der Waals surface area contributed by atoms with E-state index in [0.29, 0.717) is 49.5 Å². The molecule has 116 valence electrons. The average molecular weight is 311 g/mol. The molecule has 0 aromatic carbocycles. The lowest BCUT2D eigenvalue weighted by Crippen LogP contribution is -2.48. The summed E-state index contributed by atoms with van der Waals surface area (Å²) >= 11 is 5.93. The average Bonchev–Trinajstić information content (AvgIpc) is 2.31. The smallest absolute Gasteiger partial charge is 0.373 e. The third kappa shape index (κ3) is 9.85. The van der Waals surface area contributed by atoms with Crippen LogP contribution in [0.1, 0.15) is 41.5 Å². The van der Waals surface area contributed by atoms with Crippen LogP contribution in [0.5, 0.6) is 0 Å². The molecule has 19 heavy (non-hydrogen) atoms. The minimum Gasteiger partial charge on any atom is -0.373 e. The van der Waals surface area contributed by atoms with Crippen molar-refractivity contribution in [1.29, 1.82) is 0 Å². The fourth-order valence-corrected chi connectivity index (χ4v) is 4.71. The standard InChI is InChI=1S/C14H31ClO3Si/c1-12(2)9-16-19(8-7-15,17-10-13(3)4)18-11-14(5)6/h12-14H,7-11H2,1-6H3. The van der Waals surface area contributed by atoms with Crippen LogP contribution >= 0.6 is 11.6 Å². The summed E-state index contributed by atoms with van der Waals surface area (Å²) in [6, 6.07) is 0.681. The van der Waals surface area contributed by atoms with E-state index in [1.54, 1.807) is 0 Å². The molecule has 3 nitrogen and oxygen atoms in total. The van der Waals surface area contributed by atoms with Crippen LogP contribution in [0.4, 0.5) is 0 Å². The molecule has 0 heterocycles. The summed E-state index contributed by atoms with van der Waals surface area (Å²) in [6.07, 6.45) is 0. The summed E-state index contributed by atoms with van der Waals surface area (Å²) in [5.74, 6) is 1.91. The molecule has 0 spiro atoms. The number of halogens is 1. The minimum absolute atomic E-state index is 0.465. The van der Waals surface area contributed by atoms with Crippen molar-refractivity contribution in [2.75, 3.05) is 25.7 Å². The van der Waals surface area contributed by atoms with E-state index < -0.39 is 8.80 Å². The van der Waals surface area contributed by atoms with Gasteiger partial charge in [-0.15, -0.1) is 11.6 Å². The van der Waals surface area contributed by atoms with Gasteiger partial charge in [0.15, 0.2) is 0 Å². The van der Waals surface area contributed by atoms with Crippen molar-refractivity contribution < 1.29 is 13.3 Å². The third-order valence-electron chi connectivity index (χ3n) is 2.31. The van der Waals surface area contributed by atoms with Crippen molar-refractivity contribution in [3.05, 3.63) is 0 Å². The van der Waals surface area contributed by atoms with Crippen molar-refractivity contribution in [2.24, 2.45) is 17.8 Å². The molecule has 0 rings (SSSR count). The second-order valence-electron chi connectivity index (χ2n) is 6.24. The largest absolute Gasteiger partial charge is 0.502 e. The minimum atomic E-state index is -2.62. The molecule has 0 radical (unpaired) electrons. The van der Waals surface area contributed by atoms with Crippen LogP contribution in [0.3, 0.4) is 0 Å². The van der Waals surface area contributed by atoms with Gasteiger partial charge in [0.2, 0.25) is 0 Å². The Hall–Kier alpha value is 0.387. The maximum absolute atomic E-state index is 6.04. The monoisotopic (exact) mass is 310 g/mol. The van der Waals surface area contributed by atoms with Gasteiger partial charge in [-0.3, -0.25) is 0 Å². The Balaban J connectivity index is 4.65. The highest BCUT2D eigenvalue weighted by Gasteiger charge is 2.41. The Kier molecular flexibility index (Phi) is 10.4. The molecule has 0 aliphatic rings. The molecule has 0 bridgehead atoms. The van der Waals surface area contributed by atoms with E-state index in [4.69, 9.17) is 24.9 Å². The Morgan fingerprint density at radius 2 is 1.05 bits per heavy atom. The number of hydrogen-bond donors (Lipinski definition) is 0. The van der Waals surface area contributed by atoms with Crippen LogP contribution in [0.2, 0.25) is 6.04 Å². The first kappa shape index (κ1) is 19.4. The van der Waals surface area contributed by atoms with Gasteiger partial charge in [0.25, 0.3) is 0 Å². The molecule has 0 unspecified atom stereocenters. The van der Waals surface area contributed by atoms with E-state index >= 15 is 0 Å². The van der Waals surface area contributed by atoms with Gasteiger partial charge < -0.3 is 13.3 Å². The molecule has 0 amide bonds. The van der Waals surface area contributed by atoms with Crippen LogP contribution in [0.15, 0.2) is 0 Å². The zero-order valence-electron chi connectivity index (χ0n) is 13.4. The quantitative estimate of drug-likeness (QED) is 0.423. The van der Waals surface area contributed by atoms with E-state index in [1.807, 2.05) is 0 Å². The normalized spacial score (nSPS) is 12.9. The summed E-state index contributed by atoms with van der Waals surface area (Å²) < 4.78 is 18.1. The summed E-state index contributed by atoms with van der Waals surface area (Å²) in [5.41, 5.74) is 0. The molecule has 0 saturated carbocycles. The van der Waals surface area contributed by atoms with Gasteiger partial charge in [-0.2, -0.15) is 0 Å². The van der Waals surface area contributed by atoms with Crippen LogP contribution in [-0.4, -0.2) is 34.5 Å². The molecule has 0 fully saturated rings. The van der Waals surface area contributed by atoms with Crippen molar-refractivity contribution in [2.45, 2.75) is 47.6 Å². The van der Waals surface area contributed by atoms with Gasteiger partial charge in [0.05, 0.1) is 0 Å². The lowest BCUT2D eigenvalue weighted by molar-refractivity contribution is 0.0380. The number of rotatable bonds is 11. The molecule has 0 aromatic heterocycles. The summed E-state index contributed by atoms with van der Waals surface area (Å²) in [4.78, 5) is 0. The van der Waals surface area contributed by atoms with E-state index in [1.165, 1.54) is 0 Å². The van der Waals surface area contributed by atoms with Crippen molar-refractivity contribution >= 4 is 20.4 Å². The third-order valence-corrected chi connectivity index (χ3v) is 5.50. The predicted octanol–water partition coefficient (Wildman–Crippen LogP) is 4.18. The van der Waals surface area contributed by atoms with Crippen LogP contribution in [0.25, 0.3) is 0 Å². The predicted molar refractivity (Wildman–Crippen MR) is 83.7 cm³/mol. The number of hydrogen-bond acceptors (Lipinski definition) is 3. The van der Waals surface area contributed by atoms with Gasteiger partial charge in [0, 0.05) is 31.7 Å². The maximum atomic E-state index is 6.04. The molecular weight excluding hydrogens is 280 g/mol. The lowest BCUT2D eigenvalue weighted by atomic mass is 10.2. The van der Waals surface area contributed by atoms with Crippen molar-refractivity contribution in [3.63, 3.8) is 0 Å². The summed E-state index contributed by atoms with van der Waals surface area (Å²) in [6.45, 7) is 14.8. The molecule has 0 atom stereocenters. The zero-order chi connectivity index (χ0) is 14.9. The maximum Gasteiger partial charge on any atom is 0.502 e. The van der Waals surface area contributed by atoms with E-state index in [9.17, 15) is 0 Å². The Bertz CT molecular complexity index is 191. The Morgan fingerprint density at radius 1 is 0.737 bits per heavy atom. The highest BCUT2D eigenvalue weighted by molar-refractivity contribution is 6.61. The molecule has 0 aliphatic carbocycles. The van der Waals surface area contributed by atoms with Crippen LogP contribution in [-0.2, 0) is 13.3 Å². The second kappa shape index (κ2) is 10.2. The highest BCUT2D eigenvalue weighted by Crippen LogP contribution is 2.20. The first-order chi connectivity index (χ1) is 8.81. The fraction of sp³-hybridized carbons (Fsp3) is 1.00. The summed E-state index contributed by atoms with van der Waals surface area (Å²) in [5, 5.41) is 0. The molecule has 0 aliphatic heterocycles. The molecule has 0 saturated heterocycles. The number of alkyl halides is 1. The Morgan fingerprint density at radius 3 is 1.26 bits per heavy atom.